The largest absolute Gasteiger partial charge is 0.497 e. The van der Waals surface area contributed by atoms with Gasteiger partial charge in [0.1, 0.15) is 5.75 Å². The molecule has 0 bridgehead atoms. The highest BCUT2D eigenvalue weighted by molar-refractivity contribution is 7.99. The lowest BCUT2D eigenvalue weighted by molar-refractivity contribution is -0.113. The van der Waals surface area contributed by atoms with Gasteiger partial charge in [-0.25, -0.2) is 0 Å². The number of ether oxygens (including phenoxy) is 1. The summed E-state index contributed by atoms with van der Waals surface area (Å²) in [6, 6.07) is 13.9. The lowest BCUT2D eigenvalue weighted by atomic mass is 10.1. The number of rotatable bonds is 10. The van der Waals surface area contributed by atoms with Crippen molar-refractivity contribution < 1.29 is 9.53 Å². The summed E-state index contributed by atoms with van der Waals surface area (Å²) in [7, 11) is 1.65. The van der Waals surface area contributed by atoms with Crippen LogP contribution in [0.2, 0.25) is 0 Å². The first-order valence-electron chi connectivity index (χ1n) is 10.7. The summed E-state index contributed by atoms with van der Waals surface area (Å²) in [5.74, 6) is 1.86. The first kappa shape index (κ1) is 22.9. The molecule has 0 aliphatic heterocycles. The highest BCUT2D eigenvalue weighted by Gasteiger charge is 2.16. The Kier molecular flexibility index (Phi) is 8.12. The number of nitrogens with one attached hydrogen (secondary N) is 1. The molecule has 31 heavy (non-hydrogen) atoms. The maximum atomic E-state index is 12.7. The summed E-state index contributed by atoms with van der Waals surface area (Å²) in [5, 5.41) is 12.6. The van der Waals surface area contributed by atoms with Gasteiger partial charge < -0.3 is 14.6 Å². The predicted octanol–water partition coefficient (Wildman–Crippen LogP) is 5.36. The Morgan fingerprint density at radius 3 is 2.58 bits per heavy atom. The molecule has 3 aromatic rings. The second-order valence-corrected chi connectivity index (χ2v) is 8.28. The van der Waals surface area contributed by atoms with Gasteiger partial charge >= 0.3 is 0 Å². The van der Waals surface area contributed by atoms with E-state index < -0.39 is 0 Å². The lowest BCUT2D eigenvalue weighted by Crippen LogP contribution is -2.16. The van der Waals surface area contributed by atoms with Gasteiger partial charge in [-0.15, -0.1) is 10.2 Å². The number of thioether (sulfide) groups is 1. The second kappa shape index (κ2) is 11.0. The van der Waals surface area contributed by atoms with Crippen molar-refractivity contribution in [2.45, 2.75) is 51.7 Å². The second-order valence-electron chi connectivity index (χ2n) is 7.34. The first-order valence-corrected chi connectivity index (χ1v) is 11.6. The summed E-state index contributed by atoms with van der Waals surface area (Å²) in [5.41, 5.74) is 4.12. The Hall–Kier alpha value is -2.80. The van der Waals surface area contributed by atoms with Crippen molar-refractivity contribution in [2.75, 3.05) is 18.2 Å². The van der Waals surface area contributed by atoms with E-state index in [2.05, 4.69) is 40.0 Å². The zero-order valence-corrected chi connectivity index (χ0v) is 19.5. The van der Waals surface area contributed by atoms with Crippen molar-refractivity contribution in [3.8, 4) is 17.1 Å². The highest BCUT2D eigenvalue weighted by atomic mass is 32.2. The number of hydrogen-bond donors (Lipinski definition) is 1. The molecule has 0 atom stereocenters. The number of aryl methyl sites for hydroxylation is 2. The number of amides is 1. The van der Waals surface area contributed by atoms with E-state index in [1.54, 1.807) is 7.11 Å². The molecule has 3 rings (SSSR count). The molecule has 0 saturated heterocycles. The summed E-state index contributed by atoms with van der Waals surface area (Å²) < 4.78 is 7.36. The van der Waals surface area contributed by atoms with Crippen LogP contribution >= 0.6 is 11.8 Å². The number of nitrogens with zero attached hydrogens (tertiary/aromatic N) is 3. The Balaban J connectivity index is 1.75. The van der Waals surface area contributed by atoms with Crippen LogP contribution in [0.1, 0.15) is 37.8 Å². The zero-order chi connectivity index (χ0) is 22.2. The van der Waals surface area contributed by atoms with Crippen LogP contribution in [0.5, 0.6) is 5.75 Å². The maximum Gasteiger partial charge on any atom is 0.234 e. The average molecular weight is 439 g/mol. The number of carbonyl (C=O) groups is 1. The molecule has 2 aromatic carbocycles. The Labute approximate surface area is 188 Å². The van der Waals surface area contributed by atoms with E-state index in [1.165, 1.54) is 11.8 Å². The third kappa shape index (κ3) is 5.67. The number of aromatic nitrogens is 3. The zero-order valence-electron chi connectivity index (χ0n) is 18.6. The molecule has 0 fully saturated rings. The molecule has 0 unspecified atom stereocenters. The highest BCUT2D eigenvalue weighted by Crippen LogP contribution is 2.27. The molecule has 0 saturated carbocycles. The molecular weight excluding hydrogens is 408 g/mol. The van der Waals surface area contributed by atoms with Gasteiger partial charge in [0, 0.05) is 17.8 Å². The summed E-state index contributed by atoms with van der Waals surface area (Å²) in [6.45, 7) is 7.08. The summed E-state index contributed by atoms with van der Waals surface area (Å²) in [6.07, 6.45) is 2.96. The van der Waals surface area contributed by atoms with Gasteiger partial charge in [-0.05, 0) is 55.2 Å². The van der Waals surface area contributed by atoms with Crippen LogP contribution in [0.25, 0.3) is 11.4 Å². The van der Waals surface area contributed by atoms with Gasteiger partial charge in [0.05, 0.1) is 12.9 Å². The molecule has 1 N–H and O–H groups in total. The Morgan fingerprint density at radius 1 is 1.13 bits per heavy atom. The number of unbranched alkanes of at least 4 members (excludes halogenated alkanes) is 1. The lowest BCUT2D eigenvalue weighted by Gasteiger charge is -2.13. The van der Waals surface area contributed by atoms with Crippen molar-refractivity contribution in [1.82, 2.24) is 14.8 Å². The normalized spacial score (nSPS) is 10.8. The molecule has 164 valence electrons. The third-order valence-corrected chi connectivity index (χ3v) is 6.10. The van der Waals surface area contributed by atoms with E-state index in [0.29, 0.717) is 0 Å². The molecule has 1 aromatic heterocycles. The first-order chi connectivity index (χ1) is 15.1. The van der Waals surface area contributed by atoms with Crippen LogP contribution in [0.15, 0.2) is 47.6 Å². The van der Waals surface area contributed by atoms with Crippen LogP contribution < -0.4 is 10.1 Å². The average Bonchev–Trinajstić information content (AvgIpc) is 3.20. The smallest absolute Gasteiger partial charge is 0.234 e. The number of hydrogen-bond acceptors (Lipinski definition) is 5. The van der Waals surface area contributed by atoms with Crippen molar-refractivity contribution in [1.29, 1.82) is 0 Å². The molecule has 7 heteroatoms. The summed E-state index contributed by atoms with van der Waals surface area (Å²) in [4.78, 5) is 12.7. The topological polar surface area (TPSA) is 69.0 Å². The van der Waals surface area contributed by atoms with Crippen LogP contribution in [0, 0.1) is 6.92 Å². The molecule has 0 aliphatic carbocycles. The van der Waals surface area contributed by atoms with E-state index in [9.17, 15) is 4.79 Å². The molecule has 1 amide bonds. The maximum absolute atomic E-state index is 12.7. The molecule has 0 aliphatic rings. The quantitative estimate of drug-likeness (QED) is 0.432. The predicted molar refractivity (Wildman–Crippen MR) is 127 cm³/mol. The molecule has 1 heterocycles. The SMILES string of the molecule is CCCCn1c(SCC(=O)Nc2c(C)cccc2CC)nnc1-c1ccc(OC)cc1. The van der Waals surface area contributed by atoms with Gasteiger partial charge in [0.25, 0.3) is 0 Å². The van der Waals surface area contributed by atoms with Crippen molar-refractivity contribution >= 4 is 23.4 Å². The monoisotopic (exact) mass is 438 g/mol. The van der Waals surface area contributed by atoms with E-state index >= 15 is 0 Å². The minimum Gasteiger partial charge on any atom is -0.497 e. The van der Waals surface area contributed by atoms with E-state index in [0.717, 1.165) is 64.9 Å². The van der Waals surface area contributed by atoms with Crippen molar-refractivity contribution in [3.63, 3.8) is 0 Å². The number of carbonyl (C=O) groups excluding carboxylic acids is 1. The van der Waals surface area contributed by atoms with Gasteiger partial charge in [0.2, 0.25) is 5.91 Å². The van der Waals surface area contributed by atoms with E-state index in [4.69, 9.17) is 4.74 Å². The molecule has 0 spiro atoms. The minimum atomic E-state index is -0.0370. The molecular formula is C24H30N4O2S. The van der Waals surface area contributed by atoms with Crippen LogP contribution in [-0.2, 0) is 17.8 Å². The number of para-hydroxylation sites is 1. The van der Waals surface area contributed by atoms with E-state index in [-0.39, 0.29) is 11.7 Å². The summed E-state index contributed by atoms with van der Waals surface area (Å²) >= 11 is 1.42. The van der Waals surface area contributed by atoms with Gasteiger partial charge in [-0.1, -0.05) is 50.2 Å². The van der Waals surface area contributed by atoms with Crippen LogP contribution in [-0.4, -0.2) is 33.5 Å². The number of methoxy groups -OCH3 is 1. The Bertz CT molecular complexity index is 1010. The number of benzene rings is 2. The van der Waals surface area contributed by atoms with Crippen molar-refractivity contribution in [3.05, 3.63) is 53.6 Å². The fourth-order valence-electron chi connectivity index (χ4n) is 3.37. The molecule has 0 radical (unpaired) electrons. The standard InChI is InChI=1S/C24H30N4O2S/c1-5-7-15-28-23(19-11-13-20(30-4)14-12-19)26-27-24(28)31-16-21(29)25-22-17(3)9-8-10-18(22)6-2/h8-14H,5-7,15-16H2,1-4H3,(H,25,29). The van der Waals surface area contributed by atoms with Crippen molar-refractivity contribution in [2.24, 2.45) is 0 Å². The fraction of sp³-hybridized carbons (Fsp3) is 0.375. The Morgan fingerprint density at radius 2 is 1.90 bits per heavy atom. The van der Waals surface area contributed by atoms with Crippen LogP contribution in [0.3, 0.4) is 0 Å². The third-order valence-electron chi connectivity index (χ3n) is 5.14. The molecule has 6 nitrogen and oxygen atoms in total. The minimum absolute atomic E-state index is 0.0370. The number of anilines is 1. The van der Waals surface area contributed by atoms with Gasteiger partial charge in [-0.3, -0.25) is 4.79 Å². The fourth-order valence-corrected chi connectivity index (χ4v) is 4.14. The van der Waals surface area contributed by atoms with Crippen LogP contribution in [0.4, 0.5) is 5.69 Å². The van der Waals surface area contributed by atoms with E-state index in [1.807, 2.05) is 43.3 Å². The van der Waals surface area contributed by atoms with Gasteiger partial charge in [0.15, 0.2) is 11.0 Å². The van der Waals surface area contributed by atoms with Gasteiger partial charge in [-0.2, -0.15) is 0 Å².